The summed E-state index contributed by atoms with van der Waals surface area (Å²) in [6.07, 6.45) is 4.38. The molecule has 2 aromatic heterocycles. The molecule has 0 saturated carbocycles. The molecule has 0 bridgehead atoms. The van der Waals surface area contributed by atoms with Gasteiger partial charge in [-0.3, -0.25) is 4.79 Å². The van der Waals surface area contributed by atoms with Crippen molar-refractivity contribution in [2.45, 2.75) is 19.9 Å². The highest BCUT2D eigenvalue weighted by atomic mass is 32.1. The molecule has 0 atom stereocenters. The molecule has 114 valence electrons. The zero-order valence-corrected chi connectivity index (χ0v) is 13.6. The van der Waals surface area contributed by atoms with E-state index in [0.717, 1.165) is 23.5 Å². The van der Waals surface area contributed by atoms with Gasteiger partial charge in [0.05, 0.1) is 23.4 Å². The third kappa shape index (κ3) is 4.41. The molecule has 0 aliphatic heterocycles. The molecule has 0 saturated heterocycles. The highest BCUT2D eigenvalue weighted by Gasteiger charge is 2.18. The average Bonchev–Trinajstić information content (AvgIpc) is 3.13. The molecule has 1 amide bonds. The first-order valence-electron chi connectivity index (χ1n) is 7.10. The lowest BCUT2D eigenvalue weighted by atomic mass is 10.3. The van der Waals surface area contributed by atoms with Crippen molar-refractivity contribution in [2.75, 3.05) is 27.2 Å². The number of nitrogens with one attached hydrogen (secondary N) is 1. The number of nitrogens with zero attached hydrogens (tertiary/aromatic N) is 3. The van der Waals surface area contributed by atoms with Gasteiger partial charge in [-0.1, -0.05) is 6.92 Å². The summed E-state index contributed by atoms with van der Waals surface area (Å²) in [5.41, 5.74) is 0.953. The summed E-state index contributed by atoms with van der Waals surface area (Å²) in [5.74, 6) is 0.0937. The van der Waals surface area contributed by atoms with E-state index >= 15 is 0 Å². The predicted molar refractivity (Wildman–Crippen MR) is 85.6 cm³/mol. The Morgan fingerprint density at radius 3 is 2.71 bits per heavy atom. The van der Waals surface area contributed by atoms with Gasteiger partial charge in [0.15, 0.2) is 0 Å². The summed E-state index contributed by atoms with van der Waals surface area (Å²) >= 11 is 1.59. The van der Waals surface area contributed by atoms with Crippen molar-refractivity contribution in [3.8, 4) is 0 Å². The van der Waals surface area contributed by atoms with Gasteiger partial charge in [0.25, 0.3) is 5.91 Å². The van der Waals surface area contributed by atoms with Gasteiger partial charge >= 0.3 is 0 Å². The number of carbonyl (C=O) groups is 1. The van der Waals surface area contributed by atoms with E-state index in [9.17, 15) is 4.79 Å². The van der Waals surface area contributed by atoms with E-state index in [4.69, 9.17) is 0 Å². The van der Waals surface area contributed by atoms with Crippen LogP contribution < -0.4 is 0 Å². The number of hydrogen-bond acceptors (Lipinski definition) is 4. The zero-order valence-electron chi connectivity index (χ0n) is 12.8. The number of hydrogen-bond donors (Lipinski definition) is 1. The number of rotatable bonds is 7. The molecular formula is C15H22N4OS. The topological polar surface area (TPSA) is 52.2 Å². The van der Waals surface area contributed by atoms with Crippen molar-refractivity contribution in [2.24, 2.45) is 0 Å². The molecule has 5 nitrogen and oxygen atoms in total. The molecule has 0 spiro atoms. The molecule has 2 rings (SSSR count). The maximum Gasteiger partial charge on any atom is 0.264 e. The molecule has 21 heavy (non-hydrogen) atoms. The minimum atomic E-state index is 0.0937. The molecule has 6 heteroatoms. The Kier molecular flexibility index (Phi) is 5.52. The first-order chi connectivity index (χ1) is 10.1. The fourth-order valence-electron chi connectivity index (χ4n) is 1.99. The normalized spacial score (nSPS) is 11.0. The molecule has 1 N–H and O–H groups in total. The number of aryl methyl sites for hydroxylation is 1. The van der Waals surface area contributed by atoms with Crippen LogP contribution in [0.5, 0.6) is 0 Å². The van der Waals surface area contributed by atoms with Crippen molar-refractivity contribution >= 4 is 17.2 Å². The van der Waals surface area contributed by atoms with Crippen LogP contribution in [0, 0.1) is 0 Å². The van der Waals surface area contributed by atoms with Crippen LogP contribution in [0.1, 0.15) is 27.2 Å². The van der Waals surface area contributed by atoms with Crippen LogP contribution in [-0.2, 0) is 13.0 Å². The third-order valence-electron chi connectivity index (χ3n) is 3.24. The molecule has 0 radical (unpaired) electrons. The molecule has 2 heterocycles. The monoisotopic (exact) mass is 306 g/mol. The number of likely N-dealkylation sites (N-methyl/N-ethyl adjacent to an activating group) is 1. The third-order valence-corrected chi connectivity index (χ3v) is 4.46. The fraction of sp³-hybridized carbons (Fsp3) is 0.467. The van der Waals surface area contributed by atoms with Gasteiger partial charge in [-0.2, -0.15) is 0 Å². The standard InChI is InChI=1S/C15H22N4OS/c1-4-13-5-6-14(21-13)15(20)19(8-7-18(2)3)10-12-9-16-11-17-12/h5-6,9,11H,4,7-8,10H2,1-3H3,(H,16,17). The highest BCUT2D eigenvalue weighted by molar-refractivity contribution is 7.14. The smallest absolute Gasteiger partial charge is 0.264 e. The second-order valence-electron chi connectivity index (χ2n) is 5.23. The molecule has 2 aromatic rings. The van der Waals surface area contributed by atoms with Gasteiger partial charge in [0.2, 0.25) is 0 Å². The Balaban J connectivity index is 2.10. The van der Waals surface area contributed by atoms with E-state index in [2.05, 4.69) is 21.8 Å². The van der Waals surface area contributed by atoms with E-state index in [1.807, 2.05) is 31.1 Å². The van der Waals surface area contributed by atoms with Gasteiger partial charge in [0.1, 0.15) is 0 Å². The second kappa shape index (κ2) is 7.38. The Morgan fingerprint density at radius 1 is 1.33 bits per heavy atom. The van der Waals surface area contributed by atoms with Crippen LogP contribution in [0.3, 0.4) is 0 Å². The Bertz CT molecular complexity index is 562. The second-order valence-corrected chi connectivity index (χ2v) is 6.39. The number of aromatic amines is 1. The minimum Gasteiger partial charge on any atom is -0.347 e. The highest BCUT2D eigenvalue weighted by Crippen LogP contribution is 2.19. The first kappa shape index (κ1) is 15.7. The number of thiophene rings is 1. The summed E-state index contributed by atoms with van der Waals surface area (Å²) in [4.78, 5) is 25.8. The quantitative estimate of drug-likeness (QED) is 0.853. The van der Waals surface area contributed by atoms with Crippen LogP contribution >= 0.6 is 11.3 Å². The van der Waals surface area contributed by atoms with E-state index in [-0.39, 0.29) is 5.91 Å². The van der Waals surface area contributed by atoms with E-state index in [1.54, 1.807) is 23.9 Å². The Hall–Kier alpha value is -1.66. The lowest BCUT2D eigenvalue weighted by molar-refractivity contribution is 0.0735. The van der Waals surface area contributed by atoms with Crippen LogP contribution in [0.15, 0.2) is 24.7 Å². The van der Waals surface area contributed by atoms with E-state index < -0.39 is 0 Å². The van der Waals surface area contributed by atoms with Crippen molar-refractivity contribution in [1.82, 2.24) is 19.8 Å². The van der Waals surface area contributed by atoms with Crippen molar-refractivity contribution in [1.29, 1.82) is 0 Å². The van der Waals surface area contributed by atoms with Crippen molar-refractivity contribution < 1.29 is 4.79 Å². The summed E-state index contributed by atoms with van der Waals surface area (Å²) in [7, 11) is 4.03. The molecule has 0 aliphatic rings. The summed E-state index contributed by atoms with van der Waals surface area (Å²) in [6, 6.07) is 3.97. The average molecular weight is 306 g/mol. The van der Waals surface area contributed by atoms with Gasteiger partial charge < -0.3 is 14.8 Å². The molecular weight excluding hydrogens is 284 g/mol. The summed E-state index contributed by atoms with van der Waals surface area (Å²) in [6.45, 7) is 4.20. The molecule has 0 unspecified atom stereocenters. The Labute approximate surface area is 129 Å². The summed E-state index contributed by atoms with van der Waals surface area (Å²) in [5, 5.41) is 0. The zero-order chi connectivity index (χ0) is 15.2. The SMILES string of the molecule is CCc1ccc(C(=O)N(CCN(C)C)Cc2cnc[nH]2)s1. The molecule has 0 aromatic carbocycles. The van der Waals surface area contributed by atoms with E-state index in [1.165, 1.54) is 4.88 Å². The lowest BCUT2D eigenvalue weighted by Gasteiger charge is -2.23. The van der Waals surface area contributed by atoms with Crippen LogP contribution in [-0.4, -0.2) is 52.9 Å². The Morgan fingerprint density at radius 2 is 2.14 bits per heavy atom. The van der Waals surface area contributed by atoms with Gasteiger partial charge in [0, 0.05) is 24.2 Å². The fourth-order valence-corrected chi connectivity index (χ4v) is 2.90. The van der Waals surface area contributed by atoms with Gasteiger partial charge in [-0.15, -0.1) is 11.3 Å². The van der Waals surface area contributed by atoms with Crippen molar-refractivity contribution in [3.63, 3.8) is 0 Å². The number of imidazole rings is 1. The maximum atomic E-state index is 12.7. The number of amides is 1. The number of carbonyl (C=O) groups excluding carboxylic acids is 1. The van der Waals surface area contributed by atoms with Crippen molar-refractivity contribution in [3.05, 3.63) is 40.1 Å². The molecule has 0 aliphatic carbocycles. The van der Waals surface area contributed by atoms with Crippen LogP contribution in [0.4, 0.5) is 0 Å². The van der Waals surface area contributed by atoms with Gasteiger partial charge in [-0.25, -0.2) is 4.98 Å². The number of H-pyrrole nitrogens is 1. The first-order valence-corrected chi connectivity index (χ1v) is 7.91. The molecule has 0 fully saturated rings. The number of aromatic nitrogens is 2. The minimum absolute atomic E-state index is 0.0937. The van der Waals surface area contributed by atoms with Gasteiger partial charge in [-0.05, 0) is 32.6 Å². The van der Waals surface area contributed by atoms with Crippen LogP contribution in [0.2, 0.25) is 0 Å². The van der Waals surface area contributed by atoms with Crippen LogP contribution in [0.25, 0.3) is 0 Å². The maximum absolute atomic E-state index is 12.7. The summed E-state index contributed by atoms with van der Waals surface area (Å²) < 4.78 is 0. The predicted octanol–water partition coefficient (Wildman–Crippen LogP) is 2.24. The lowest BCUT2D eigenvalue weighted by Crippen LogP contribution is -2.36. The largest absolute Gasteiger partial charge is 0.347 e. The van der Waals surface area contributed by atoms with E-state index in [0.29, 0.717) is 13.1 Å².